The quantitative estimate of drug-likeness (QED) is 0.740. The molecule has 0 radical (unpaired) electrons. The van der Waals surface area contributed by atoms with Gasteiger partial charge in [0.15, 0.2) is 17.5 Å². The van der Waals surface area contributed by atoms with Crippen molar-refractivity contribution in [1.82, 2.24) is 4.98 Å². The Morgan fingerprint density at radius 2 is 1.82 bits per heavy atom. The van der Waals surface area contributed by atoms with Crippen molar-refractivity contribution in [3.8, 4) is 0 Å². The van der Waals surface area contributed by atoms with Gasteiger partial charge in [0, 0.05) is 13.1 Å². The van der Waals surface area contributed by atoms with E-state index in [0.717, 1.165) is 30.2 Å². The molecule has 0 fully saturated rings. The van der Waals surface area contributed by atoms with Crippen LogP contribution in [0.2, 0.25) is 0 Å². The third-order valence-corrected chi connectivity index (χ3v) is 3.39. The van der Waals surface area contributed by atoms with Gasteiger partial charge in [-0.1, -0.05) is 43.2 Å². The van der Waals surface area contributed by atoms with Crippen LogP contribution in [-0.2, 0) is 6.54 Å². The molecule has 5 heteroatoms. The number of nitrogens with one attached hydrogen (secondary N) is 2. The Hall–Kier alpha value is -2.17. The number of halogens is 2. The first kappa shape index (κ1) is 16.2. The topological polar surface area (TPSA) is 37.0 Å². The van der Waals surface area contributed by atoms with Crippen molar-refractivity contribution < 1.29 is 8.78 Å². The van der Waals surface area contributed by atoms with Crippen molar-refractivity contribution in [3.05, 3.63) is 53.2 Å². The van der Waals surface area contributed by atoms with Crippen molar-refractivity contribution in [2.24, 2.45) is 0 Å². The third-order valence-electron chi connectivity index (χ3n) is 3.39. The molecule has 1 heterocycles. The largest absolute Gasteiger partial charge is 0.376 e. The number of aromatic nitrogens is 1. The van der Waals surface area contributed by atoms with Crippen molar-refractivity contribution in [1.29, 1.82) is 0 Å². The fourth-order valence-electron chi connectivity index (χ4n) is 2.03. The lowest BCUT2D eigenvalue weighted by Crippen LogP contribution is -2.10. The summed E-state index contributed by atoms with van der Waals surface area (Å²) >= 11 is 0. The summed E-state index contributed by atoms with van der Waals surface area (Å²) in [5.41, 5.74) is 1.96. The number of hydrogen-bond donors (Lipinski definition) is 2. The van der Waals surface area contributed by atoms with E-state index in [2.05, 4.69) is 15.6 Å². The first-order chi connectivity index (χ1) is 10.6. The van der Waals surface area contributed by atoms with Gasteiger partial charge in [0.05, 0.1) is 6.20 Å². The lowest BCUT2D eigenvalue weighted by atomic mass is 10.1. The molecule has 0 saturated heterocycles. The second-order valence-electron chi connectivity index (χ2n) is 5.26. The smallest absolute Gasteiger partial charge is 0.191 e. The van der Waals surface area contributed by atoms with Gasteiger partial charge in [0.2, 0.25) is 0 Å². The van der Waals surface area contributed by atoms with E-state index < -0.39 is 11.6 Å². The van der Waals surface area contributed by atoms with Gasteiger partial charge in [-0.15, -0.1) is 0 Å². The highest BCUT2D eigenvalue weighted by atomic mass is 19.1. The molecule has 0 aliphatic carbocycles. The van der Waals surface area contributed by atoms with Crippen molar-refractivity contribution in [2.75, 3.05) is 17.2 Å². The SMILES string of the molecule is CCCCNc1ncc(F)c(NCc2ccc(C)cc2)c1F. The van der Waals surface area contributed by atoms with Gasteiger partial charge < -0.3 is 10.6 Å². The van der Waals surface area contributed by atoms with Crippen molar-refractivity contribution in [2.45, 2.75) is 33.2 Å². The molecule has 0 unspecified atom stereocenters. The lowest BCUT2D eigenvalue weighted by Gasteiger charge is -2.12. The van der Waals surface area contributed by atoms with E-state index in [1.807, 2.05) is 38.1 Å². The maximum absolute atomic E-state index is 14.3. The molecule has 0 aliphatic heterocycles. The van der Waals surface area contributed by atoms with E-state index in [1.54, 1.807) is 0 Å². The van der Waals surface area contributed by atoms with Crippen molar-refractivity contribution >= 4 is 11.5 Å². The predicted octanol–water partition coefficient (Wildman–Crippen LogP) is 4.49. The maximum atomic E-state index is 14.3. The van der Waals surface area contributed by atoms with Gasteiger partial charge in [0.25, 0.3) is 0 Å². The first-order valence-electron chi connectivity index (χ1n) is 7.49. The van der Waals surface area contributed by atoms with Gasteiger partial charge in [0.1, 0.15) is 5.69 Å². The van der Waals surface area contributed by atoms with Gasteiger partial charge >= 0.3 is 0 Å². The number of unbranched alkanes of at least 4 members (excludes halogenated alkanes) is 1. The highest BCUT2D eigenvalue weighted by Crippen LogP contribution is 2.24. The number of pyridine rings is 1. The average Bonchev–Trinajstić information content (AvgIpc) is 2.51. The fourth-order valence-corrected chi connectivity index (χ4v) is 2.03. The number of rotatable bonds is 7. The summed E-state index contributed by atoms with van der Waals surface area (Å²) in [6.07, 6.45) is 2.94. The Morgan fingerprint density at radius 3 is 2.50 bits per heavy atom. The summed E-state index contributed by atoms with van der Waals surface area (Å²) in [5.74, 6) is -1.28. The molecule has 2 aromatic rings. The summed E-state index contributed by atoms with van der Waals surface area (Å²) in [5, 5.41) is 5.71. The lowest BCUT2D eigenvalue weighted by molar-refractivity contribution is 0.580. The summed E-state index contributed by atoms with van der Waals surface area (Å²) < 4.78 is 28.1. The van der Waals surface area contributed by atoms with Gasteiger partial charge in [-0.2, -0.15) is 0 Å². The van der Waals surface area contributed by atoms with Gasteiger partial charge in [-0.3, -0.25) is 0 Å². The second kappa shape index (κ2) is 7.73. The summed E-state index contributed by atoms with van der Waals surface area (Å²) in [4.78, 5) is 3.78. The van der Waals surface area contributed by atoms with Crippen LogP contribution in [0.4, 0.5) is 20.3 Å². The van der Waals surface area contributed by atoms with Crippen LogP contribution in [-0.4, -0.2) is 11.5 Å². The number of hydrogen-bond acceptors (Lipinski definition) is 3. The van der Waals surface area contributed by atoms with Gasteiger partial charge in [-0.25, -0.2) is 13.8 Å². The Kier molecular flexibility index (Phi) is 5.69. The highest BCUT2D eigenvalue weighted by Gasteiger charge is 2.14. The zero-order chi connectivity index (χ0) is 15.9. The summed E-state index contributed by atoms with van der Waals surface area (Å²) in [6.45, 7) is 5.01. The van der Waals surface area contributed by atoms with Crippen molar-refractivity contribution in [3.63, 3.8) is 0 Å². The Labute approximate surface area is 129 Å². The van der Waals surface area contributed by atoms with Crippen LogP contribution in [0.15, 0.2) is 30.5 Å². The minimum atomic E-state index is -0.689. The number of aryl methyl sites for hydroxylation is 1. The number of benzene rings is 1. The molecule has 22 heavy (non-hydrogen) atoms. The molecule has 2 N–H and O–H groups in total. The predicted molar refractivity (Wildman–Crippen MR) is 86.1 cm³/mol. The molecule has 0 amide bonds. The molecule has 0 bridgehead atoms. The second-order valence-corrected chi connectivity index (χ2v) is 5.26. The summed E-state index contributed by atoms with van der Waals surface area (Å²) in [7, 11) is 0. The molecule has 0 aliphatic rings. The zero-order valence-corrected chi connectivity index (χ0v) is 12.9. The van der Waals surface area contributed by atoms with E-state index in [4.69, 9.17) is 0 Å². The Balaban J connectivity index is 2.08. The van der Waals surface area contributed by atoms with Crippen LogP contribution in [0.3, 0.4) is 0 Å². The van der Waals surface area contributed by atoms with Crippen LogP contribution in [0.5, 0.6) is 0 Å². The highest BCUT2D eigenvalue weighted by molar-refractivity contribution is 5.55. The summed E-state index contributed by atoms with van der Waals surface area (Å²) in [6, 6.07) is 7.79. The fraction of sp³-hybridized carbons (Fsp3) is 0.353. The molecular weight excluding hydrogens is 284 g/mol. The van der Waals surface area contributed by atoms with E-state index >= 15 is 0 Å². The van der Waals surface area contributed by atoms with Crippen LogP contribution in [0, 0.1) is 18.6 Å². The number of anilines is 2. The minimum Gasteiger partial charge on any atom is -0.376 e. The molecule has 118 valence electrons. The average molecular weight is 305 g/mol. The van der Waals surface area contributed by atoms with E-state index in [9.17, 15) is 8.78 Å². The molecule has 3 nitrogen and oxygen atoms in total. The normalized spacial score (nSPS) is 10.5. The van der Waals surface area contributed by atoms with E-state index in [-0.39, 0.29) is 11.5 Å². The van der Waals surface area contributed by atoms with Crippen LogP contribution < -0.4 is 10.6 Å². The minimum absolute atomic E-state index is 0.0845. The van der Waals surface area contributed by atoms with Crippen LogP contribution >= 0.6 is 0 Å². The Morgan fingerprint density at radius 1 is 1.09 bits per heavy atom. The molecule has 0 spiro atoms. The monoisotopic (exact) mass is 305 g/mol. The molecule has 1 aromatic heterocycles. The third kappa shape index (κ3) is 4.16. The molecule has 0 atom stereocenters. The van der Waals surface area contributed by atoms with Gasteiger partial charge in [-0.05, 0) is 18.9 Å². The number of nitrogens with zero attached hydrogens (tertiary/aromatic N) is 1. The van der Waals surface area contributed by atoms with E-state index in [1.165, 1.54) is 0 Å². The Bertz CT molecular complexity index is 612. The molecule has 2 rings (SSSR count). The van der Waals surface area contributed by atoms with E-state index in [0.29, 0.717) is 13.1 Å². The zero-order valence-electron chi connectivity index (χ0n) is 12.9. The standard InChI is InChI=1S/C17H21F2N3/c1-3-4-9-20-17-15(19)16(14(18)11-22-17)21-10-13-7-5-12(2)6-8-13/h5-8,11H,3-4,9-10H2,1-2H3,(H2,20,21,22). The maximum Gasteiger partial charge on any atom is 0.191 e. The van der Waals surface area contributed by atoms with Crippen LogP contribution in [0.25, 0.3) is 0 Å². The first-order valence-corrected chi connectivity index (χ1v) is 7.49. The van der Waals surface area contributed by atoms with Crippen LogP contribution in [0.1, 0.15) is 30.9 Å². The molecule has 1 aromatic carbocycles. The molecule has 0 saturated carbocycles. The molecular formula is C17H21F2N3.